The molecule has 0 aliphatic rings. The zero-order chi connectivity index (χ0) is 12.4. The van der Waals surface area contributed by atoms with Crippen LogP contribution in [0.1, 0.15) is 4.88 Å². The molecule has 0 unspecified atom stereocenters. The molecule has 0 saturated carbocycles. The van der Waals surface area contributed by atoms with Gasteiger partial charge in [-0.05, 0) is 41.8 Å². The van der Waals surface area contributed by atoms with Gasteiger partial charge in [-0.15, -0.1) is 11.3 Å². The van der Waals surface area contributed by atoms with Crippen LogP contribution in [0.25, 0.3) is 11.1 Å². The maximum absolute atomic E-state index is 13.1. The van der Waals surface area contributed by atoms with Gasteiger partial charge in [0.1, 0.15) is 0 Å². The highest BCUT2D eigenvalue weighted by atomic mass is 32.1. The van der Waals surface area contributed by atoms with E-state index in [0.717, 1.165) is 17.0 Å². The average molecular weight is 257 g/mol. The van der Waals surface area contributed by atoms with Gasteiger partial charge in [-0.3, -0.25) is 0 Å². The van der Waals surface area contributed by atoms with Gasteiger partial charge in [-0.1, -0.05) is 0 Å². The minimum atomic E-state index is -1.43. The van der Waals surface area contributed by atoms with E-state index < -0.39 is 17.5 Å². The standard InChI is InChI=1S/C12H10F3NS/c1-16-5-9-2-8(6-17-9)7-3-10(13)12(15)11(14)4-7/h2-4,6,16H,5H2,1H3. The molecule has 0 amide bonds. The van der Waals surface area contributed by atoms with Crippen LogP contribution >= 0.6 is 11.3 Å². The van der Waals surface area contributed by atoms with Gasteiger partial charge in [0.25, 0.3) is 0 Å². The highest BCUT2D eigenvalue weighted by Gasteiger charge is 2.12. The van der Waals surface area contributed by atoms with E-state index in [4.69, 9.17) is 0 Å². The molecule has 1 N–H and O–H groups in total. The number of nitrogens with one attached hydrogen (secondary N) is 1. The molecule has 5 heteroatoms. The zero-order valence-electron chi connectivity index (χ0n) is 9.06. The first-order valence-corrected chi connectivity index (χ1v) is 5.86. The van der Waals surface area contributed by atoms with Crippen molar-refractivity contribution in [3.63, 3.8) is 0 Å². The Morgan fingerprint density at radius 1 is 1.06 bits per heavy atom. The molecule has 0 radical (unpaired) electrons. The molecule has 2 rings (SSSR count). The summed E-state index contributed by atoms with van der Waals surface area (Å²) in [4.78, 5) is 1.05. The lowest BCUT2D eigenvalue weighted by Crippen LogP contribution is -2.02. The van der Waals surface area contributed by atoms with Crippen LogP contribution in [0.3, 0.4) is 0 Å². The average Bonchev–Trinajstić information content (AvgIpc) is 2.74. The number of hydrogen-bond donors (Lipinski definition) is 1. The highest BCUT2D eigenvalue weighted by molar-refractivity contribution is 7.10. The summed E-state index contributed by atoms with van der Waals surface area (Å²) in [7, 11) is 1.82. The summed E-state index contributed by atoms with van der Waals surface area (Å²) in [5, 5.41) is 4.77. The van der Waals surface area contributed by atoms with E-state index in [1.165, 1.54) is 11.3 Å². The molecule has 90 valence electrons. The highest BCUT2D eigenvalue weighted by Crippen LogP contribution is 2.28. The Bertz CT molecular complexity index is 513. The van der Waals surface area contributed by atoms with Crippen molar-refractivity contribution in [2.45, 2.75) is 6.54 Å². The minimum Gasteiger partial charge on any atom is -0.315 e. The Labute approximate surface area is 101 Å². The van der Waals surface area contributed by atoms with Crippen LogP contribution in [-0.2, 0) is 6.54 Å². The van der Waals surface area contributed by atoms with Crippen molar-refractivity contribution in [1.29, 1.82) is 0 Å². The SMILES string of the molecule is CNCc1cc(-c2cc(F)c(F)c(F)c2)cs1. The van der Waals surface area contributed by atoms with E-state index in [-0.39, 0.29) is 0 Å². The summed E-state index contributed by atoms with van der Waals surface area (Å²) in [6.07, 6.45) is 0. The van der Waals surface area contributed by atoms with Gasteiger partial charge < -0.3 is 5.32 Å². The number of halogens is 3. The fourth-order valence-corrected chi connectivity index (χ4v) is 2.43. The molecule has 0 fully saturated rings. The second-order valence-electron chi connectivity index (χ2n) is 3.59. The van der Waals surface area contributed by atoms with Gasteiger partial charge in [0.2, 0.25) is 0 Å². The zero-order valence-corrected chi connectivity index (χ0v) is 9.88. The second kappa shape index (κ2) is 4.89. The van der Waals surface area contributed by atoms with Crippen molar-refractivity contribution in [1.82, 2.24) is 5.32 Å². The van der Waals surface area contributed by atoms with Crippen LogP contribution in [0.4, 0.5) is 13.2 Å². The predicted molar refractivity (Wildman–Crippen MR) is 62.4 cm³/mol. The lowest BCUT2D eigenvalue weighted by Gasteiger charge is -2.00. The normalized spacial score (nSPS) is 10.8. The lowest BCUT2D eigenvalue weighted by molar-refractivity contribution is 0.448. The molecule has 0 bridgehead atoms. The molecule has 1 aromatic carbocycles. The summed E-state index contributed by atoms with van der Waals surface area (Å²) >= 11 is 1.48. The molecule has 0 aliphatic carbocycles. The number of hydrogen-bond acceptors (Lipinski definition) is 2. The van der Waals surface area contributed by atoms with Crippen LogP contribution in [-0.4, -0.2) is 7.05 Å². The molecular weight excluding hydrogens is 247 g/mol. The summed E-state index contributed by atoms with van der Waals surface area (Å²) in [6.45, 7) is 0.691. The van der Waals surface area contributed by atoms with Crippen molar-refractivity contribution in [2.24, 2.45) is 0 Å². The van der Waals surface area contributed by atoms with Gasteiger partial charge in [0.05, 0.1) is 0 Å². The van der Waals surface area contributed by atoms with Gasteiger partial charge in [0, 0.05) is 11.4 Å². The third-order valence-corrected chi connectivity index (χ3v) is 3.26. The number of rotatable bonds is 3. The Kier molecular flexibility index (Phi) is 3.49. The number of benzene rings is 1. The van der Waals surface area contributed by atoms with Gasteiger partial charge in [0.15, 0.2) is 17.5 Å². The molecule has 2 aromatic rings. The van der Waals surface area contributed by atoms with E-state index in [2.05, 4.69) is 5.32 Å². The molecule has 17 heavy (non-hydrogen) atoms. The fourth-order valence-electron chi connectivity index (χ4n) is 1.52. The maximum Gasteiger partial charge on any atom is 0.194 e. The monoisotopic (exact) mass is 257 g/mol. The van der Waals surface area contributed by atoms with Gasteiger partial charge in [-0.25, -0.2) is 13.2 Å². The van der Waals surface area contributed by atoms with E-state index in [9.17, 15) is 13.2 Å². The largest absolute Gasteiger partial charge is 0.315 e. The Morgan fingerprint density at radius 3 is 2.29 bits per heavy atom. The van der Waals surface area contributed by atoms with Crippen molar-refractivity contribution in [3.8, 4) is 11.1 Å². The summed E-state index contributed by atoms with van der Waals surface area (Å²) in [5.74, 6) is -3.76. The van der Waals surface area contributed by atoms with Crippen LogP contribution in [0.15, 0.2) is 23.6 Å². The quantitative estimate of drug-likeness (QED) is 0.829. The van der Waals surface area contributed by atoms with E-state index in [1.54, 1.807) is 5.38 Å². The van der Waals surface area contributed by atoms with Crippen molar-refractivity contribution < 1.29 is 13.2 Å². The van der Waals surface area contributed by atoms with Crippen molar-refractivity contribution in [2.75, 3.05) is 7.05 Å². The van der Waals surface area contributed by atoms with E-state index in [0.29, 0.717) is 17.7 Å². The summed E-state index contributed by atoms with van der Waals surface area (Å²) < 4.78 is 38.9. The molecular formula is C12H10F3NS. The van der Waals surface area contributed by atoms with E-state index >= 15 is 0 Å². The van der Waals surface area contributed by atoms with Crippen LogP contribution < -0.4 is 5.32 Å². The summed E-state index contributed by atoms with van der Waals surface area (Å²) in [6, 6.07) is 3.83. The van der Waals surface area contributed by atoms with Crippen molar-refractivity contribution >= 4 is 11.3 Å². The Hall–Kier alpha value is -1.33. The van der Waals surface area contributed by atoms with Gasteiger partial charge in [-0.2, -0.15) is 0 Å². The first kappa shape index (κ1) is 12.1. The first-order chi connectivity index (χ1) is 8.11. The molecule has 0 spiro atoms. The molecule has 0 atom stereocenters. The first-order valence-electron chi connectivity index (χ1n) is 4.98. The molecule has 1 nitrogen and oxygen atoms in total. The lowest BCUT2D eigenvalue weighted by atomic mass is 10.1. The smallest absolute Gasteiger partial charge is 0.194 e. The maximum atomic E-state index is 13.1. The molecule has 1 heterocycles. The Balaban J connectivity index is 2.39. The second-order valence-corrected chi connectivity index (χ2v) is 4.58. The third-order valence-electron chi connectivity index (χ3n) is 2.32. The molecule has 0 aliphatic heterocycles. The van der Waals surface area contributed by atoms with Crippen LogP contribution in [0.2, 0.25) is 0 Å². The predicted octanol–water partition coefficient (Wildman–Crippen LogP) is 3.55. The van der Waals surface area contributed by atoms with Crippen LogP contribution in [0, 0.1) is 17.5 Å². The Morgan fingerprint density at radius 2 is 1.71 bits per heavy atom. The van der Waals surface area contributed by atoms with E-state index in [1.807, 2.05) is 13.1 Å². The minimum absolute atomic E-state index is 0.347. The van der Waals surface area contributed by atoms with Gasteiger partial charge >= 0.3 is 0 Å². The molecule has 1 aromatic heterocycles. The third kappa shape index (κ3) is 2.50. The topological polar surface area (TPSA) is 12.0 Å². The van der Waals surface area contributed by atoms with Crippen molar-refractivity contribution in [3.05, 3.63) is 45.9 Å². The molecule has 0 saturated heterocycles. The number of thiophene rings is 1. The summed E-state index contributed by atoms with van der Waals surface area (Å²) in [5.41, 5.74) is 1.04. The fraction of sp³-hybridized carbons (Fsp3) is 0.167. The van der Waals surface area contributed by atoms with Crippen LogP contribution in [0.5, 0.6) is 0 Å².